The Hall–Kier alpha value is -1.24. The molecule has 2 atom stereocenters. The summed E-state index contributed by atoms with van der Waals surface area (Å²) in [7, 11) is 0. The van der Waals surface area contributed by atoms with E-state index in [2.05, 4.69) is 31.8 Å². The first-order chi connectivity index (χ1) is 10.3. The Bertz CT molecular complexity index is 421. The topological polar surface area (TPSA) is 72.0 Å². The molecule has 118 valence electrons. The summed E-state index contributed by atoms with van der Waals surface area (Å²) in [4.78, 5) is 13.0. The number of anilines is 2. The van der Waals surface area contributed by atoms with Gasteiger partial charge in [-0.05, 0) is 32.9 Å². The number of rotatable bonds is 7. The zero-order chi connectivity index (χ0) is 15.1. The normalized spacial score (nSPS) is 21.9. The van der Waals surface area contributed by atoms with Gasteiger partial charge in [0.2, 0.25) is 11.9 Å². The van der Waals surface area contributed by atoms with Crippen molar-refractivity contribution in [1.29, 1.82) is 0 Å². The molecule has 0 amide bonds. The molecule has 0 aliphatic heterocycles. The minimum Gasteiger partial charge on any atom is -0.464 e. The fourth-order valence-electron chi connectivity index (χ4n) is 2.56. The predicted molar refractivity (Wildman–Crippen MR) is 88.3 cm³/mol. The first-order valence-corrected chi connectivity index (χ1v) is 8.97. The van der Waals surface area contributed by atoms with Crippen molar-refractivity contribution in [3.63, 3.8) is 0 Å². The van der Waals surface area contributed by atoms with Crippen LogP contribution in [0.1, 0.15) is 39.5 Å². The number of aromatic nitrogens is 3. The average Bonchev–Trinajstić information content (AvgIpc) is 2.48. The summed E-state index contributed by atoms with van der Waals surface area (Å²) in [6.45, 7) is 5.26. The lowest BCUT2D eigenvalue weighted by Gasteiger charge is -2.30. The van der Waals surface area contributed by atoms with E-state index in [1.54, 1.807) is 0 Å². The van der Waals surface area contributed by atoms with Crippen LogP contribution in [-0.4, -0.2) is 45.7 Å². The Kier molecular flexibility index (Phi) is 6.35. The van der Waals surface area contributed by atoms with E-state index in [0.717, 1.165) is 13.0 Å². The van der Waals surface area contributed by atoms with Crippen molar-refractivity contribution in [1.82, 2.24) is 15.0 Å². The molecule has 7 heteroatoms. The van der Waals surface area contributed by atoms with E-state index in [-0.39, 0.29) is 0 Å². The van der Waals surface area contributed by atoms with Crippen LogP contribution in [0.2, 0.25) is 0 Å². The zero-order valence-corrected chi connectivity index (χ0v) is 13.9. The molecular weight excluding hydrogens is 286 g/mol. The van der Waals surface area contributed by atoms with Crippen LogP contribution in [-0.2, 0) is 0 Å². The van der Waals surface area contributed by atoms with Crippen molar-refractivity contribution in [2.75, 3.05) is 30.0 Å². The van der Waals surface area contributed by atoms with E-state index >= 15 is 0 Å². The Labute approximate surface area is 130 Å². The molecule has 6 nitrogen and oxygen atoms in total. The van der Waals surface area contributed by atoms with E-state index in [9.17, 15) is 0 Å². The van der Waals surface area contributed by atoms with Crippen molar-refractivity contribution in [2.45, 2.75) is 50.8 Å². The van der Waals surface area contributed by atoms with Crippen molar-refractivity contribution >= 4 is 23.7 Å². The lowest BCUT2D eigenvalue weighted by molar-refractivity contribution is 0.312. The van der Waals surface area contributed by atoms with Gasteiger partial charge in [0, 0.05) is 17.8 Å². The highest BCUT2D eigenvalue weighted by Gasteiger charge is 2.25. The summed E-state index contributed by atoms with van der Waals surface area (Å²) in [5, 5.41) is 7.22. The molecule has 0 radical (unpaired) electrons. The zero-order valence-electron chi connectivity index (χ0n) is 13.1. The van der Waals surface area contributed by atoms with Crippen LogP contribution in [0.5, 0.6) is 6.01 Å². The third kappa shape index (κ3) is 4.62. The van der Waals surface area contributed by atoms with E-state index in [1.807, 2.05) is 25.6 Å². The molecule has 1 heterocycles. The first-order valence-electron chi connectivity index (χ1n) is 7.68. The molecular formula is C14H25N5OS. The summed E-state index contributed by atoms with van der Waals surface area (Å²) in [6, 6.07) is 0.794. The highest BCUT2D eigenvalue weighted by atomic mass is 32.2. The molecule has 1 aromatic heterocycles. The molecule has 1 saturated carbocycles. The summed E-state index contributed by atoms with van der Waals surface area (Å²) in [6.07, 6.45) is 7.17. The highest BCUT2D eigenvalue weighted by molar-refractivity contribution is 7.99. The van der Waals surface area contributed by atoms with Gasteiger partial charge >= 0.3 is 6.01 Å². The number of hydrogen-bond acceptors (Lipinski definition) is 7. The fourth-order valence-corrected chi connectivity index (χ4v) is 3.50. The van der Waals surface area contributed by atoms with Crippen molar-refractivity contribution in [2.24, 2.45) is 0 Å². The Balaban J connectivity index is 2.13. The van der Waals surface area contributed by atoms with Crippen LogP contribution in [0.25, 0.3) is 0 Å². The summed E-state index contributed by atoms with van der Waals surface area (Å²) >= 11 is 1.92. The molecule has 1 aliphatic carbocycles. The maximum absolute atomic E-state index is 5.43. The maximum Gasteiger partial charge on any atom is 0.323 e. The third-order valence-corrected chi connectivity index (χ3v) is 4.71. The molecule has 1 aliphatic rings. The van der Waals surface area contributed by atoms with E-state index in [4.69, 9.17) is 4.74 Å². The highest BCUT2D eigenvalue weighted by Crippen LogP contribution is 2.29. The molecule has 2 N–H and O–H groups in total. The van der Waals surface area contributed by atoms with Crippen molar-refractivity contribution in [3.8, 4) is 6.01 Å². The van der Waals surface area contributed by atoms with Gasteiger partial charge in [-0.15, -0.1) is 0 Å². The largest absolute Gasteiger partial charge is 0.464 e. The van der Waals surface area contributed by atoms with Gasteiger partial charge < -0.3 is 15.4 Å². The van der Waals surface area contributed by atoms with E-state index < -0.39 is 0 Å². The minimum atomic E-state index is 0.377. The molecule has 0 bridgehead atoms. The minimum absolute atomic E-state index is 0.377. The number of thioether (sulfide) groups is 1. The van der Waals surface area contributed by atoms with Crippen LogP contribution < -0.4 is 15.4 Å². The maximum atomic E-state index is 5.43. The van der Waals surface area contributed by atoms with Crippen LogP contribution >= 0.6 is 11.8 Å². The Morgan fingerprint density at radius 3 is 2.62 bits per heavy atom. The summed E-state index contributed by atoms with van der Waals surface area (Å²) < 4.78 is 5.43. The van der Waals surface area contributed by atoms with Crippen molar-refractivity contribution in [3.05, 3.63) is 0 Å². The second kappa shape index (κ2) is 8.26. The lowest BCUT2D eigenvalue weighted by atomic mass is 9.95. The second-order valence-electron chi connectivity index (χ2n) is 5.04. The Morgan fingerprint density at radius 1 is 1.14 bits per heavy atom. The fraction of sp³-hybridized carbons (Fsp3) is 0.786. The smallest absolute Gasteiger partial charge is 0.323 e. The quantitative estimate of drug-likeness (QED) is 0.802. The molecule has 1 fully saturated rings. The van der Waals surface area contributed by atoms with Crippen LogP contribution in [0.4, 0.5) is 11.9 Å². The second-order valence-corrected chi connectivity index (χ2v) is 6.11. The average molecular weight is 311 g/mol. The van der Waals surface area contributed by atoms with Crippen LogP contribution in [0, 0.1) is 0 Å². The van der Waals surface area contributed by atoms with Gasteiger partial charge in [0.15, 0.2) is 0 Å². The number of ether oxygens (including phenoxy) is 1. The van der Waals surface area contributed by atoms with Gasteiger partial charge in [0.1, 0.15) is 0 Å². The van der Waals surface area contributed by atoms with Gasteiger partial charge in [0.25, 0.3) is 0 Å². The summed E-state index contributed by atoms with van der Waals surface area (Å²) in [5.41, 5.74) is 0. The predicted octanol–water partition coefficient (Wildman–Crippen LogP) is 2.79. The van der Waals surface area contributed by atoms with Crippen LogP contribution in [0.15, 0.2) is 0 Å². The molecule has 2 unspecified atom stereocenters. The number of hydrogen-bond donors (Lipinski definition) is 2. The van der Waals surface area contributed by atoms with Crippen molar-refractivity contribution < 1.29 is 4.74 Å². The molecule has 2 rings (SSSR count). The molecule has 21 heavy (non-hydrogen) atoms. The van der Waals surface area contributed by atoms with Gasteiger partial charge in [-0.25, -0.2) is 0 Å². The van der Waals surface area contributed by atoms with E-state index in [1.165, 1.54) is 19.3 Å². The van der Waals surface area contributed by atoms with Gasteiger partial charge in [-0.2, -0.15) is 26.7 Å². The molecule has 0 aromatic carbocycles. The SMILES string of the molecule is CCNc1nc(NC2CCCCC2SC)nc(OCC)n1. The standard InChI is InChI=1S/C14H25N5OS/c1-4-15-12-17-13(19-14(18-12)20-5-2)16-10-8-6-7-9-11(10)21-3/h10-11H,4-9H2,1-3H3,(H2,15,16,17,18,19). The monoisotopic (exact) mass is 311 g/mol. The molecule has 1 aromatic rings. The van der Waals surface area contributed by atoms with Gasteiger partial charge in [-0.3, -0.25) is 0 Å². The molecule has 0 spiro atoms. The summed E-state index contributed by atoms with van der Waals surface area (Å²) in [5.74, 6) is 1.17. The van der Waals surface area contributed by atoms with Gasteiger partial charge in [-0.1, -0.05) is 12.8 Å². The Morgan fingerprint density at radius 2 is 1.90 bits per heavy atom. The van der Waals surface area contributed by atoms with E-state index in [0.29, 0.717) is 35.8 Å². The van der Waals surface area contributed by atoms with Gasteiger partial charge in [0.05, 0.1) is 6.61 Å². The third-order valence-electron chi connectivity index (χ3n) is 3.54. The number of nitrogens with zero attached hydrogens (tertiary/aromatic N) is 3. The molecule has 0 saturated heterocycles. The lowest BCUT2D eigenvalue weighted by Crippen LogP contribution is -2.35. The first kappa shape index (κ1) is 16.1. The van der Waals surface area contributed by atoms with Crippen LogP contribution in [0.3, 0.4) is 0 Å². The number of nitrogens with one attached hydrogen (secondary N) is 2.